The van der Waals surface area contributed by atoms with Crippen molar-refractivity contribution in [2.24, 2.45) is 5.10 Å². The highest BCUT2D eigenvalue weighted by atomic mass is 35.5. The molecule has 0 aromatic heterocycles. The number of halogens is 3. The molecule has 0 atom stereocenters. The third-order valence-electron chi connectivity index (χ3n) is 3.21. The van der Waals surface area contributed by atoms with Crippen LogP contribution in [0.2, 0.25) is 10.0 Å². The summed E-state index contributed by atoms with van der Waals surface area (Å²) in [5.41, 5.74) is 3.36. The fourth-order valence-corrected chi connectivity index (χ4v) is 2.17. The van der Waals surface area contributed by atoms with Gasteiger partial charge in [-0.05, 0) is 36.8 Å². The molecule has 25 heavy (non-hydrogen) atoms. The molecule has 0 fully saturated rings. The van der Waals surface area contributed by atoms with Gasteiger partial charge in [0.25, 0.3) is 11.8 Å². The van der Waals surface area contributed by atoms with Crippen molar-refractivity contribution in [3.05, 3.63) is 69.5 Å². The predicted molar refractivity (Wildman–Crippen MR) is 95.5 cm³/mol. The van der Waals surface area contributed by atoms with Crippen molar-refractivity contribution < 1.29 is 14.0 Å². The lowest BCUT2D eigenvalue weighted by molar-refractivity contribution is -0.120. The predicted octanol–water partition coefficient (Wildman–Crippen LogP) is 3.40. The number of rotatable bonds is 5. The van der Waals surface area contributed by atoms with E-state index in [9.17, 15) is 14.0 Å². The van der Waals surface area contributed by atoms with E-state index in [1.165, 1.54) is 24.3 Å². The van der Waals surface area contributed by atoms with E-state index < -0.39 is 17.6 Å². The molecule has 0 unspecified atom stereocenters. The zero-order chi connectivity index (χ0) is 18.4. The average molecular weight is 382 g/mol. The Morgan fingerprint density at radius 1 is 1.12 bits per heavy atom. The second kappa shape index (κ2) is 8.60. The maximum Gasteiger partial charge on any atom is 0.259 e. The highest BCUT2D eigenvalue weighted by molar-refractivity contribution is 6.42. The van der Waals surface area contributed by atoms with Gasteiger partial charge in [0.1, 0.15) is 5.82 Å². The van der Waals surface area contributed by atoms with Crippen molar-refractivity contribution >= 4 is 40.7 Å². The number of hydrogen-bond donors (Lipinski definition) is 2. The Labute approximate surface area is 153 Å². The average Bonchev–Trinajstić information content (AvgIpc) is 2.60. The third-order valence-corrected chi connectivity index (χ3v) is 3.95. The van der Waals surface area contributed by atoms with Gasteiger partial charge in [-0.25, -0.2) is 9.82 Å². The van der Waals surface area contributed by atoms with Crippen molar-refractivity contribution in [3.8, 4) is 0 Å². The van der Waals surface area contributed by atoms with Crippen molar-refractivity contribution in [2.75, 3.05) is 6.54 Å². The second-order valence-electron chi connectivity index (χ2n) is 5.02. The summed E-state index contributed by atoms with van der Waals surface area (Å²) in [7, 11) is 0. The molecule has 2 aromatic carbocycles. The largest absolute Gasteiger partial charge is 0.343 e. The molecular formula is C17H14Cl2FN3O2. The number of amides is 2. The summed E-state index contributed by atoms with van der Waals surface area (Å²) >= 11 is 11.8. The summed E-state index contributed by atoms with van der Waals surface area (Å²) in [5.74, 6) is -1.89. The van der Waals surface area contributed by atoms with Crippen LogP contribution in [0.5, 0.6) is 0 Å². The maximum atomic E-state index is 13.5. The Morgan fingerprint density at radius 2 is 1.84 bits per heavy atom. The van der Waals surface area contributed by atoms with E-state index in [1.54, 1.807) is 25.1 Å². The normalized spacial score (nSPS) is 11.1. The molecule has 2 rings (SSSR count). The van der Waals surface area contributed by atoms with Crippen molar-refractivity contribution in [2.45, 2.75) is 6.92 Å². The number of hydrazone groups is 1. The summed E-state index contributed by atoms with van der Waals surface area (Å²) in [6.45, 7) is 1.34. The lowest BCUT2D eigenvalue weighted by Crippen LogP contribution is -2.35. The fraction of sp³-hybridized carbons (Fsp3) is 0.118. The van der Waals surface area contributed by atoms with E-state index >= 15 is 0 Å². The van der Waals surface area contributed by atoms with E-state index in [1.807, 2.05) is 0 Å². The number of hydrogen-bond acceptors (Lipinski definition) is 3. The van der Waals surface area contributed by atoms with E-state index in [4.69, 9.17) is 23.2 Å². The highest BCUT2D eigenvalue weighted by Gasteiger charge is 2.11. The summed E-state index contributed by atoms with van der Waals surface area (Å²) in [6.07, 6.45) is 0. The van der Waals surface area contributed by atoms with E-state index in [0.29, 0.717) is 21.3 Å². The molecule has 0 saturated carbocycles. The van der Waals surface area contributed by atoms with E-state index in [2.05, 4.69) is 15.8 Å². The minimum Gasteiger partial charge on any atom is -0.343 e. The van der Waals surface area contributed by atoms with E-state index in [0.717, 1.165) is 0 Å². The van der Waals surface area contributed by atoms with Gasteiger partial charge >= 0.3 is 0 Å². The van der Waals surface area contributed by atoms with Gasteiger partial charge in [-0.2, -0.15) is 5.10 Å². The van der Waals surface area contributed by atoms with Crippen molar-refractivity contribution in [1.29, 1.82) is 0 Å². The Bertz CT molecular complexity index is 840. The standard InChI is InChI=1S/C17H14Cl2FN3O2/c1-10(11-6-7-13(18)14(19)8-11)22-23-16(24)9-21-17(25)12-4-2-3-5-15(12)20/h2-8H,9H2,1H3,(H,21,25)(H,23,24)/b22-10+. The van der Waals surface area contributed by atoms with Crippen LogP contribution < -0.4 is 10.7 Å². The smallest absolute Gasteiger partial charge is 0.259 e. The van der Waals surface area contributed by atoms with Crippen LogP contribution in [0.15, 0.2) is 47.6 Å². The van der Waals surface area contributed by atoms with Gasteiger partial charge in [0.05, 0.1) is 27.9 Å². The molecule has 2 amide bonds. The van der Waals surface area contributed by atoms with Crippen LogP contribution in [0.3, 0.4) is 0 Å². The number of nitrogens with zero attached hydrogens (tertiary/aromatic N) is 1. The van der Waals surface area contributed by atoms with Gasteiger partial charge in [0.15, 0.2) is 0 Å². The first-order valence-electron chi connectivity index (χ1n) is 7.19. The Morgan fingerprint density at radius 3 is 2.52 bits per heavy atom. The van der Waals surface area contributed by atoms with Crippen LogP contribution in [0.25, 0.3) is 0 Å². The van der Waals surface area contributed by atoms with Crippen LogP contribution in [-0.2, 0) is 4.79 Å². The molecular weight excluding hydrogens is 368 g/mol. The van der Waals surface area contributed by atoms with Crippen molar-refractivity contribution in [3.63, 3.8) is 0 Å². The monoisotopic (exact) mass is 381 g/mol. The lowest BCUT2D eigenvalue weighted by atomic mass is 10.1. The number of carbonyl (C=O) groups is 2. The highest BCUT2D eigenvalue weighted by Crippen LogP contribution is 2.22. The minimum absolute atomic E-state index is 0.134. The first-order chi connectivity index (χ1) is 11.9. The molecule has 0 radical (unpaired) electrons. The molecule has 2 aromatic rings. The Kier molecular flexibility index (Phi) is 6.50. The molecule has 0 aliphatic heterocycles. The SMILES string of the molecule is C/C(=N\NC(=O)CNC(=O)c1ccccc1F)c1ccc(Cl)c(Cl)c1. The van der Waals surface area contributed by atoms with Crippen LogP contribution in [0, 0.1) is 5.82 Å². The van der Waals surface area contributed by atoms with Gasteiger partial charge in [-0.15, -0.1) is 0 Å². The first-order valence-corrected chi connectivity index (χ1v) is 7.95. The molecule has 0 saturated heterocycles. The summed E-state index contributed by atoms with van der Waals surface area (Å²) in [6, 6.07) is 10.4. The molecule has 0 spiro atoms. The molecule has 0 heterocycles. The summed E-state index contributed by atoms with van der Waals surface area (Å²) in [5, 5.41) is 7.03. The van der Waals surface area contributed by atoms with Crippen molar-refractivity contribution in [1.82, 2.24) is 10.7 Å². The van der Waals surface area contributed by atoms with Crippen LogP contribution >= 0.6 is 23.2 Å². The molecule has 0 bridgehead atoms. The number of nitrogens with one attached hydrogen (secondary N) is 2. The topological polar surface area (TPSA) is 70.6 Å². The van der Waals surface area contributed by atoms with Crippen LogP contribution in [0.4, 0.5) is 4.39 Å². The number of benzene rings is 2. The summed E-state index contributed by atoms with van der Waals surface area (Å²) in [4.78, 5) is 23.6. The second-order valence-corrected chi connectivity index (χ2v) is 5.84. The van der Waals surface area contributed by atoms with Crippen LogP contribution in [-0.4, -0.2) is 24.1 Å². The molecule has 5 nitrogen and oxygen atoms in total. The number of carbonyl (C=O) groups excluding carboxylic acids is 2. The molecule has 2 N–H and O–H groups in total. The zero-order valence-corrected chi connectivity index (χ0v) is 14.7. The molecule has 0 aliphatic carbocycles. The molecule has 130 valence electrons. The lowest BCUT2D eigenvalue weighted by Gasteiger charge is -2.06. The first kappa shape index (κ1) is 18.9. The Hall–Kier alpha value is -2.44. The van der Waals surface area contributed by atoms with Gasteiger partial charge in [-0.1, -0.05) is 41.4 Å². The van der Waals surface area contributed by atoms with Crippen LogP contribution in [0.1, 0.15) is 22.8 Å². The summed E-state index contributed by atoms with van der Waals surface area (Å²) < 4.78 is 13.5. The van der Waals surface area contributed by atoms with E-state index in [-0.39, 0.29) is 12.1 Å². The van der Waals surface area contributed by atoms with Gasteiger partial charge in [-0.3, -0.25) is 9.59 Å². The van der Waals surface area contributed by atoms with Gasteiger partial charge < -0.3 is 5.32 Å². The third kappa shape index (κ3) is 5.27. The molecule has 0 aliphatic rings. The molecule has 8 heteroatoms. The fourth-order valence-electron chi connectivity index (χ4n) is 1.87. The van der Waals surface area contributed by atoms with Gasteiger partial charge in [0.2, 0.25) is 0 Å². The minimum atomic E-state index is -0.682. The zero-order valence-electron chi connectivity index (χ0n) is 13.1. The maximum absolute atomic E-state index is 13.5. The Balaban J connectivity index is 1.90. The van der Waals surface area contributed by atoms with Gasteiger partial charge in [0, 0.05) is 0 Å². The quantitative estimate of drug-likeness (QED) is 0.615.